The maximum Gasteiger partial charge on any atom is 0.128 e. The molecular formula is C12H19NO4. The van der Waals surface area contributed by atoms with Crippen LogP contribution in [-0.2, 0) is 16.2 Å². The van der Waals surface area contributed by atoms with Gasteiger partial charge in [-0.05, 0) is 12.1 Å². The van der Waals surface area contributed by atoms with Crippen LogP contribution in [0.15, 0.2) is 18.2 Å². The number of hydrogen-bond acceptors (Lipinski definition) is 5. The molecule has 0 N–H and O–H groups in total. The normalized spacial score (nSPS) is 10.6. The van der Waals surface area contributed by atoms with Gasteiger partial charge in [-0.2, -0.15) is 5.06 Å². The molecule has 96 valence electrons. The van der Waals surface area contributed by atoms with Gasteiger partial charge >= 0.3 is 0 Å². The lowest BCUT2D eigenvalue weighted by atomic mass is 10.2. The minimum atomic E-state index is 0.415. The SMILES string of the molecule is COCN(C)OCc1ccc(OC)cc1OC. The molecule has 1 rings (SSSR count). The van der Waals surface area contributed by atoms with Gasteiger partial charge in [0.05, 0.1) is 20.8 Å². The first kappa shape index (κ1) is 13.8. The van der Waals surface area contributed by atoms with Crippen LogP contribution in [0.2, 0.25) is 0 Å². The summed E-state index contributed by atoms with van der Waals surface area (Å²) < 4.78 is 15.3. The van der Waals surface area contributed by atoms with Crippen molar-refractivity contribution in [1.82, 2.24) is 5.06 Å². The zero-order valence-electron chi connectivity index (χ0n) is 10.7. The molecule has 0 saturated heterocycles. The second-order valence-electron chi connectivity index (χ2n) is 3.50. The molecule has 0 bridgehead atoms. The van der Waals surface area contributed by atoms with Gasteiger partial charge in [0, 0.05) is 25.8 Å². The van der Waals surface area contributed by atoms with Crippen LogP contribution in [0.4, 0.5) is 0 Å². The molecule has 0 aliphatic carbocycles. The monoisotopic (exact) mass is 241 g/mol. The van der Waals surface area contributed by atoms with Crippen LogP contribution >= 0.6 is 0 Å². The van der Waals surface area contributed by atoms with Gasteiger partial charge < -0.3 is 14.2 Å². The Balaban J connectivity index is 2.63. The number of nitrogens with zero attached hydrogens (tertiary/aromatic N) is 1. The molecule has 0 aromatic heterocycles. The summed E-state index contributed by atoms with van der Waals surface area (Å²) in [7, 11) is 6.67. The number of hydrogen-bond donors (Lipinski definition) is 0. The number of rotatable bonds is 7. The highest BCUT2D eigenvalue weighted by Gasteiger charge is 2.06. The zero-order valence-corrected chi connectivity index (χ0v) is 10.7. The van der Waals surface area contributed by atoms with Crippen LogP contribution in [0.5, 0.6) is 11.5 Å². The van der Waals surface area contributed by atoms with E-state index >= 15 is 0 Å². The standard InChI is InChI=1S/C12H19NO4/c1-13(9-14-2)17-8-10-5-6-11(15-3)7-12(10)16-4/h5-7H,8-9H2,1-4H3. The Morgan fingerprint density at radius 3 is 2.47 bits per heavy atom. The molecular weight excluding hydrogens is 222 g/mol. The molecule has 0 aliphatic rings. The average molecular weight is 241 g/mol. The highest BCUT2D eigenvalue weighted by atomic mass is 16.7. The van der Waals surface area contributed by atoms with E-state index in [2.05, 4.69) is 0 Å². The largest absolute Gasteiger partial charge is 0.497 e. The van der Waals surface area contributed by atoms with Crippen molar-refractivity contribution < 1.29 is 19.0 Å². The fourth-order valence-electron chi connectivity index (χ4n) is 1.37. The third-order valence-electron chi connectivity index (χ3n) is 2.25. The summed E-state index contributed by atoms with van der Waals surface area (Å²) in [4.78, 5) is 5.47. The van der Waals surface area contributed by atoms with Crippen molar-refractivity contribution >= 4 is 0 Å². The summed E-state index contributed by atoms with van der Waals surface area (Å²) in [5.74, 6) is 1.51. The van der Waals surface area contributed by atoms with Gasteiger partial charge in [-0.3, -0.25) is 4.84 Å². The van der Waals surface area contributed by atoms with E-state index in [0.717, 1.165) is 17.1 Å². The summed E-state index contributed by atoms with van der Waals surface area (Å²) in [5.41, 5.74) is 0.955. The topological polar surface area (TPSA) is 40.2 Å². The van der Waals surface area contributed by atoms with Crippen molar-refractivity contribution in [1.29, 1.82) is 0 Å². The number of methoxy groups -OCH3 is 3. The Kier molecular flexibility index (Phi) is 5.76. The predicted octanol–water partition coefficient (Wildman–Crippen LogP) is 1.67. The lowest BCUT2D eigenvalue weighted by molar-refractivity contribution is -0.194. The Morgan fingerprint density at radius 1 is 1.12 bits per heavy atom. The van der Waals surface area contributed by atoms with E-state index in [9.17, 15) is 0 Å². The summed E-state index contributed by atoms with van der Waals surface area (Å²) >= 11 is 0. The van der Waals surface area contributed by atoms with Gasteiger partial charge in [-0.25, -0.2) is 0 Å². The highest BCUT2D eigenvalue weighted by Crippen LogP contribution is 2.25. The van der Waals surface area contributed by atoms with Gasteiger partial charge in [0.1, 0.15) is 18.2 Å². The van der Waals surface area contributed by atoms with Crippen LogP contribution in [0.1, 0.15) is 5.56 Å². The number of benzene rings is 1. The molecule has 1 aromatic carbocycles. The minimum Gasteiger partial charge on any atom is -0.497 e. The number of hydroxylamine groups is 2. The highest BCUT2D eigenvalue weighted by molar-refractivity contribution is 5.40. The summed E-state index contributed by atoms with van der Waals surface area (Å²) in [5, 5.41) is 1.61. The van der Waals surface area contributed by atoms with Crippen molar-refractivity contribution in [3.05, 3.63) is 23.8 Å². The van der Waals surface area contributed by atoms with Gasteiger partial charge in [0.2, 0.25) is 0 Å². The summed E-state index contributed by atoms with van der Waals surface area (Å²) in [6.45, 7) is 0.839. The molecule has 0 fully saturated rings. The minimum absolute atomic E-state index is 0.415. The third-order valence-corrected chi connectivity index (χ3v) is 2.25. The molecule has 0 atom stereocenters. The van der Waals surface area contributed by atoms with Crippen molar-refractivity contribution in [2.75, 3.05) is 35.1 Å². The molecule has 0 unspecified atom stereocenters. The smallest absolute Gasteiger partial charge is 0.128 e. The predicted molar refractivity (Wildman–Crippen MR) is 64.0 cm³/mol. The van der Waals surface area contributed by atoms with E-state index in [1.165, 1.54) is 0 Å². The fraction of sp³-hybridized carbons (Fsp3) is 0.500. The molecule has 0 heterocycles. The van der Waals surface area contributed by atoms with E-state index in [-0.39, 0.29) is 0 Å². The Labute approximate surface area is 102 Å². The number of ether oxygens (including phenoxy) is 3. The summed E-state index contributed by atoms with van der Waals surface area (Å²) in [6, 6.07) is 5.62. The van der Waals surface area contributed by atoms with Gasteiger partial charge in [-0.15, -0.1) is 0 Å². The fourth-order valence-corrected chi connectivity index (χ4v) is 1.37. The molecule has 0 amide bonds. The van der Waals surface area contributed by atoms with E-state index in [1.54, 1.807) is 33.4 Å². The van der Waals surface area contributed by atoms with Gasteiger partial charge in [0.15, 0.2) is 0 Å². The van der Waals surface area contributed by atoms with Crippen molar-refractivity contribution in [3.8, 4) is 11.5 Å². The second-order valence-corrected chi connectivity index (χ2v) is 3.50. The van der Waals surface area contributed by atoms with Crippen LogP contribution in [-0.4, -0.2) is 40.2 Å². The van der Waals surface area contributed by atoms with Crippen molar-refractivity contribution in [2.24, 2.45) is 0 Å². The van der Waals surface area contributed by atoms with Crippen LogP contribution in [0, 0.1) is 0 Å². The first-order chi connectivity index (χ1) is 8.21. The lowest BCUT2D eigenvalue weighted by Crippen LogP contribution is -2.21. The molecule has 0 aliphatic heterocycles. The van der Waals surface area contributed by atoms with Crippen molar-refractivity contribution in [3.63, 3.8) is 0 Å². The Morgan fingerprint density at radius 2 is 1.88 bits per heavy atom. The molecule has 0 saturated carbocycles. The summed E-state index contributed by atoms with van der Waals surface area (Å²) in [6.07, 6.45) is 0. The van der Waals surface area contributed by atoms with E-state index in [1.807, 2.05) is 18.2 Å². The molecule has 5 nitrogen and oxygen atoms in total. The van der Waals surface area contributed by atoms with Crippen LogP contribution < -0.4 is 9.47 Å². The maximum absolute atomic E-state index is 5.47. The Hall–Kier alpha value is -1.30. The maximum atomic E-state index is 5.47. The molecule has 0 spiro atoms. The van der Waals surface area contributed by atoms with Crippen LogP contribution in [0.25, 0.3) is 0 Å². The quantitative estimate of drug-likeness (QED) is 0.536. The molecule has 17 heavy (non-hydrogen) atoms. The average Bonchev–Trinajstić information content (AvgIpc) is 2.36. The first-order valence-electron chi connectivity index (χ1n) is 5.25. The van der Waals surface area contributed by atoms with E-state index in [0.29, 0.717) is 13.3 Å². The lowest BCUT2D eigenvalue weighted by Gasteiger charge is -2.16. The van der Waals surface area contributed by atoms with Crippen molar-refractivity contribution in [2.45, 2.75) is 6.61 Å². The van der Waals surface area contributed by atoms with E-state index in [4.69, 9.17) is 19.0 Å². The first-order valence-corrected chi connectivity index (χ1v) is 5.25. The zero-order chi connectivity index (χ0) is 12.7. The van der Waals surface area contributed by atoms with Gasteiger partial charge in [0.25, 0.3) is 0 Å². The Bertz CT molecular complexity index is 343. The molecule has 5 heteroatoms. The van der Waals surface area contributed by atoms with Gasteiger partial charge in [-0.1, -0.05) is 0 Å². The van der Waals surface area contributed by atoms with Crippen LogP contribution in [0.3, 0.4) is 0 Å². The second kappa shape index (κ2) is 7.11. The molecule has 1 aromatic rings. The van der Waals surface area contributed by atoms with E-state index < -0.39 is 0 Å². The molecule has 0 radical (unpaired) electrons. The third kappa shape index (κ3) is 4.22.